The summed E-state index contributed by atoms with van der Waals surface area (Å²) >= 11 is 0. The summed E-state index contributed by atoms with van der Waals surface area (Å²) in [7, 11) is 0. The van der Waals surface area contributed by atoms with Crippen molar-refractivity contribution in [2.75, 3.05) is 26.2 Å². The fourth-order valence-electron chi connectivity index (χ4n) is 3.73. The molecule has 1 aromatic heterocycles. The number of carbonyl (C=O) groups is 2. The molecule has 2 fully saturated rings. The number of rotatable bonds is 9. The number of amides is 2. The van der Waals surface area contributed by atoms with Crippen LogP contribution in [0.25, 0.3) is 0 Å². The van der Waals surface area contributed by atoms with Crippen molar-refractivity contribution in [2.24, 2.45) is 11.8 Å². The first-order valence-corrected chi connectivity index (χ1v) is 10.2. The molecule has 0 aromatic carbocycles. The Balaban J connectivity index is 1.66. The third-order valence-corrected chi connectivity index (χ3v) is 5.41. The van der Waals surface area contributed by atoms with Crippen LogP contribution in [0, 0.1) is 11.8 Å². The maximum atomic E-state index is 13.1. The lowest BCUT2D eigenvalue weighted by Gasteiger charge is -2.34. The Bertz CT molecular complexity index is 604. The minimum atomic E-state index is -0.0322. The van der Waals surface area contributed by atoms with E-state index in [0.29, 0.717) is 25.6 Å². The SMILES string of the molecule is CC(C)CN(CC(=O)N(Cc1ccco1)CC1CCCO1)C(=O)C1CCC1. The molecule has 0 N–H and O–H groups in total. The highest BCUT2D eigenvalue weighted by atomic mass is 16.5. The average Bonchev–Trinajstić information content (AvgIpc) is 3.25. The maximum absolute atomic E-state index is 13.1. The molecule has 0 spiro atoms. The second-order valence-electron chi connectivity index (χ2n) is 8.23. The van der Waals surface area contributed by atoms with Crippen molar-refractivity contribution in [1.82, 2.24) is 9.80 Å². The fourth-order valence-corrected chi connectivity index (χ4v) is 3.73. The molecule has 1 aliphatic carbocycles. The van der Waals surface area contributed by atoms with Gasteiger partial charge in [0.1, 0.15) is 5.76 Å². The zero-order chi connectivity index (χ0) is 19.2. The molecule has 1 saturated heterocycles. The molecule has 2 amide bonds. The van der Waals surface area contributed by atoms with Crippen LogP contribution in [0.4, 0.5) is 0 Å². The van der Waals surface area contributed by atoms with E-state index in [4.69, 9.17) is 9.15 Å². The van der Waals surface area contributed by atoms with Crippen molar-refractivity contribution in [3.63, 3.8) is 0 Å². The molecule has 1 unspecified atom stereocenters. The quantitative estimate of drug-likeness (QED) is 0.664. The number of carbonyl (C=O) groups excluding carboxylic acids is 2. The summed E-state index contributed by atoms with van der Waals surface area (Å²) in [6.07, 6.45) is 6.72. The van der Waals surface area contributed by atoms with Crippen molar-refractivity contribution in [2.45, 2.75) is 58.6 Å². The van der Waals surface area contributed by atoms with Crippen LogP contribution in [0.3, 0.4) is 0 Å². The smallest absolute Gasteiger partial charge is 0.242 e. The van der Waals surface area contributed by atoms with E-state index in [1.54, 1.807) is 16.1 Å². The highest BCUT2D eigenvalue weighted by molar-refractivity contribution is 5.86. The molecule has 1 saturated carbocycles. The summed E-state index contributed by atoms with van der Waals surface area (Å²) in [5.41, 5.74) is 0. The van der Waals surface area contributed by atoms with Gasteiger partial charge in [0, 0.05) is 25.6 Å². The van der Waals surface area contributed by atoms with Crippen molar-refractivity contribution in [1.29, 1.82) is 0 Å². The van der Waals surface area contributed by atoms with Gasteiger partial charge in [-0.1, -0.05) is 20.3 Å². The van der Waals surface area contributed by atoms with E-state index in [1.165, 1.54) is 0 Å². The largest absolute Gasteiger partial charge is 0.467 e. The number of ether oxygens (including phenoxy) is 1. The zero-order valence-corrected chi connectivity index (χ0v) is 16.6. The van der Waals surface area contributed by atoms with Crippen LogP contribution in [-0.2, 0) is 20.9 Å². The van der Waals surface area contributed by atoms with Gasteiger partial charge in [0.15, 0.2) is 0 Å². The average molecular weight is 376 g/mol. The molecule has 3 rings (SSSR count). The van der Waals surface area contributed by atoms with E-state index in [-0.39, 0.29) is 30.4 Å². The molecule has 1 atom stereocenters. The van der Waals surface area contributed by atoms with Crippen LogP contribution >= 0.6 is 0 Å². The van der Waals surface area contributed by atoms with Crippen molar-refractivity contribution in [3.8, 4) is 0 Å². The highest BCUT2D eigenvalue weighted by Gasteiger charge is 2.32. The predicted octanol–water partition coefficient (Wildman–Crippen LogP) is 3.07. The Kier molecular flexibility index (Phi) is 6.94. The van der Waals surface area contributed by atoms with E-state index < -0.39 is 0 Å². The molecule has 1 aromatic rings. The molecule has 2 aliphatic rings. The Morgan fingerprint density at radius 2 is 2.00 bits per heavy atom. The molecule has 2 heterocycles. The number of furan rings is 1. The summed E-state index contributed by atoms with van der Waals surface area (Å²) in [6, 6.07) is 3.70. The second kappa shape index (κ2) is 9.40. The van der Waals surface area contributed by atoms with E-state index in [2.05, 4.69) is 13.8 Å². The van der Waals surface area contributed by atoms with Gasteiger partial charge in [-0.05, 0) is 43.7 Å². The predicted molar refractivity (Wildman–Crippen MR) is 102 cm³/mol. The fraction of sp³-hybridized carbons (Fsp3) is 0.714. The summed E-state index contributed by atoms with van der Waals surface area (Å²) in [5.74, 6) is 1.29. The molecule has 6 heteroatoms. The first kappa shape index (κ1) is 19.9. The van der Waals surface area contributed by atoms with Gasteiger partial charge >= 0.3 is 0 Å². The Labute approximate surface area is 161 Å². The van der Waals surface area contributed by atoms with E-state index in [9.17, 15) is 9.59 Å². The van der Waals surface area contributed by atoms with Crippen LogP contribution in [0.2, 0.25) is 0 Å². The molecule has 150 valence electrons. The first-order chi connectivity index (χ1) is 13.0. The molecule has 1 aliphatic heterocycles. The van der Waals surface area contributed by atoms with Gasteiger partial charge in [-0.15, -0.1) is 0 Å². The van der Waals surface area contributed by atoms with Crippen molar-refractivity contribution in [3.05, 3.63) is 24.2 Å². The van der Waals surface area contributed by atoms with Gasteiger partial charge in [-0.3, -0.25) is 9.59 Å². The maximum Gasteiger partial charge on any atom is 0.242 e. The zero-order valence-electron chi connectivity index (χ0n) is 16.6. The third-order valence-electron chi connectivity index (χ3n) is 5.41. The minimum Gasteiger partial charge on any atom is -0.467 e. The Morgan fingerprint density at radius 1 is 1.19 bits per heavy atom. The molecule has 27 heavy (non-hydrogen) atoms. The number of hydrogen-bond acceptors (Lipinski definition) is 4. The number of hydrogen-bond donors (Lipinski definition) is 0. The van der Waals surface area contributed by atoms with Crippen LogP contribution in [0.1, 0.15) is 51.7 Å². The molecule has 0 radical (unpaired) electrons. The summed E-state index contributed by atoms with van der Waals surface area (Å²) in [4.78, 5) is 29.5. The van der Waals surface area contributed by atoms with Crippen molar-refractivity contribution >= 4 is 11.8 Å². The molecular formula is C21H32N2O4. The van der Waals surface area contributed by atoms with Gasteiger partial charge in [0.05, 0.1) is 25.5 Å². The summed E-state index contributed by atoms with van der Waals surface area (Å²) in [5, 5.41) is 0. The first-order valence-electron chi connectivity index (χ1n) is 10.2. The van der Waals surface area contributed by atoms with Crippen LogP contribution in [0.15, 0.2) is 22.8 Å². The van der Waals surface area contributed by atoms with Gasteiger partial charge < -0.3 is 19.0 Å². The third kappa shape index (κ3) is 5.58. The highest BCUT2D eigenvalue weighted by Crippen LogP contribution is 2.28. The molecule has 0 bridgehead atoms. The lowest BCUT2D eigenvalue weighted by atomic mass is 9.84. The standard InChI is InChI=1S/C21H32N2O4/c1-16(2)12-23(21(25)17-6-3-7-17)15-20(24)22(13-18-8-4-10-26-18)14-19-9-5-11-27-19/h4,8,10,16-17,19H,3,5-7,9,11-15H2,1-2H3. The summed E-state index contributed by atoms with van der Waals surface area (Å²) < 4.78 is 11.2. The van der Waals surface area contributed by atoms with Crippen LogP contribution in [-0.4, -0.2) is 54.0 Å². The Morgan fingerprint density at radius 3 is 2.56 bits per heavy atom. The van der Waals surface area contributed by atoms with Gasteiger partial charge in [-0.25, -0.2) is 0 Å². The minimum absolute atomic E-state index is 0.0322. The lowest BCUT2D eigenvalue weighted by Crippen LogP contribution is -2.48. The van der Waals surface area contributed by atoms with E-state index >= 15 is 0 Å². The van der Waals surface area contributed by atoms with E-state index in [1.807, 2.05) is 12.1 Å². The van der Waals surface area contributed by atoms with Gasteiger partial charge in [0.2, 0.25) is 11.8 Å². The van der Waals surface area contributed by atoms with Gasteiger partial charge in [0.25, 0.3) is 0 Å². The normalized spacial score (nSPS) is 19.9. The number of nitrogens with zero attached hydrogens (tertiary/aromatic N) is 2. The Hall–Kier alpha value is -1.82. The molecular weight excluding hydrogens is 344 g/mol. The van der Waals surface area contributed by atoms with Gasteiger partial charge in [-0.2, -0.15) is 0 Å². The second-order valence-corrected chi connectivity index (χ2v) is 8.23. The lowest BCUT2D eigenvalue weighted by molar-refractivity contribution is -0.146. The van der Waals surface area contributed by atoms with Crippen molar-refractivity contribution < 1.29 is 18.7 Å². The van der Waals surface area contributed by atoms with E-state index in [0.717, 1.165) is 44.5 Å². The van der Waals surface area contributed by atoms with Crippen LogP contribution in [0.5, 0.6) is 0 Å². The topological polar surface area (TPSA) is 63.0 Å². The monoisotopic (exact) mass is 376 g/mol. The summed E-state index contributed by atoms with van der Waals surface area (Å²) in [6.45, 7) is 6.64. The molecule has 6 nitrogen and oxygen atoms in total. The van der Waals surface area contributed by atoms with Crippen LogP contribution < -0.4 is 0 Å².